The summed E-state index contributed by atoms with van der Waals surface area (Å²) in [5.74, 6) is 1.50. The summed E-state index contributed by atoms with van der Waals surface area (Å²) >= 11 is 0. The molecule has 1 aromatic carbocycles. The maximum Gasteiger partial charge on any atom is 0.411 e. The van der Waals surface area contributed by atoms with E-state index in [-0.39, 0.29) is 6.61 Å². The summed E-state index contributed by atoms with van der Waals surface area (Å²) in [7, 11) is 0. The van der Waals surface area contributed by atoms with Gasteiger partial charge in [0.15, 0.2) is 5.96 Å². The quantitative estimate of drug-likeness (QED) is 0.442. The van der Waals surface area contributed by atoms with Gasteiger partial charge in [0.25, 0.3) is 0 Å². The normalized spacial score (nSPS) is 12.3. The molecule has 0 aliphatic heterocycles. The Hall–Kier alpha value is -2.55. The molecule has 1 aromatic heterocycles. The fraction of sp³-hybridized carbons (Fsp3) is 0.524. The van der Waals surface area contributed by atoms with Gasteiger partial charge in [-0.15, -0.1) is 0 Å². The zero-order chi connectivity index (χ0) is 22.0. The summed E-state index contributed by atoms with van der Waals surface area (Å²) < 4.78 is 46.8. The van der Waals surface area contributed by atoms with Crippen LogP contribution in [-0.2, 0) is 37.3 Å². The van der Waals surface area contributed by atoms with Crippen molar-refractivity contribution < 1.29 is 22.4 Å². The van der Waals surface area contributed by atoms with Gasteiger partial charge in [0.2, 0.25) is 0 Å². The first-order valence-electron chi connectivity index (χ1n) is 10.1. The molecule has 0 aliphatic carbocycles. The van der Waals surface area contributed by atoms with Gasteiger partial charge in [-0.05, 0) is 24.5 Å². The number of halogens is 3. The first kappa shape index (κ1) is 23.7. The lowest BCUT2D eigenvalue weighted by Gasteiger charge is -2.12. The summed E-state index contributed by atoms with van der Waals surface area (Å²) in [5, 5.41) is 10.6. The average molecular weight is 426 g/mol. The number of aryl methyl sites for hydroxylation is 2. The molecule has 2 N–H and O–H groups in total. The first-order valence-corrected chi connectivity index (χ1v) is 10.1. The fourth-order valence-corrected chi connectivity index (χ4v) is 2.92. The molecule has 0 amide bonds. The highest BCUT2D eigenvalue weighted by Crippen LogP contribution is 2.17. The molecular weight excluding hydrogens is 397 g/mol. The predicted octanol–water partition coefficient (Wildman–Crippen LogP) is 4.13. The maximum atomic E-state index is 12.2. The maximum absolute atomic E-state index is 12.2. The standard InChI is InChI=1S/C21H29F3N4O2/c1-4-18-17(19(5-2)30-28-18)12-27-20(25-6-3)26-11-15-8-7-9-16(10-15)13-29-14-21(22,23)24/h7-10H,4-6,11-14H2,1-3H3,(H2,25,26,27). The Morgan fingerprint density at radius 3 is 2.57 bits per heavy atom. The number of ether oxygens (including phenoxy) is 1. The van der Waals surface area contributed by atoms with Crippen molar-refractivity contribution in [2.45, 2.75) is 59.5 Å². The number of hydrogen-bond donors (Lipinski definition) is 2. The number of nitrogens with one attached hydrogen (secondary N) is 2. The Balaban J connectivity index is 1.99. The molecule has 166 valence electrons. The van der Waals surface area contributed by atoms with Crippen LogP contribution < -0.4 is 10.6 Å². The van der Waals surface area contributed by atoms with Crippen molar-refractivity contribution in [3.05, 3.63) is 52.4 Å². The largest absolute Gasteiger partial charge is 0.411 e. The minimum Gasteiger partial charge on any atom is -0.367 e. The molecule has 0 fully saturated rings. The summed E-state index contributed by atoms with van der Waals surface area (Å²) in [6, 6.07) is 7.20. The van der Waals surface area contributed by atoms with E-state index in [9.17, 15) is 13.2 Å². The number of nitrogens with zero attached hydrogens (tertiary/aromatic N) is 2. The van der Waals surface area contributed by atoms with Crippen LogP contribution in [0.2, 0.25) is 0 Å². The number of guanidine groups is 1. The lowest BCUT2D eigenvalue weighted by atomic mass is 10.1. The van der Waals surface area contributed by atoms with Crippen LogP contribution in [0.25, 0.3) is 0 Å². The predicted molar refractivity (Wildman–Crippen MR) is 109 cm³/mol. The van der Waals surface area contributed by atoms with E-state index in [1.807, 2.05) is 26.8 Å². The Labute approximate surface area is 174 Å². The molecule has 2 aromatic rings. The van der Waals surface area contributed by atoms with Crippen LogP contribution in [0, 0.1) is 0 Å². The van der Waals surface area contributed by atoms with E-state index in [4.69, 9.17) is 9.26 Å². The van der Waals surface area contributed by atoms with Crippen LogP contribution in [0.5, 0.6) is 0 Å². The van der Waals surface area contributed by atoms with Crippen molar-refractivity contribution in [3.63, 3.8) is 0 Å². The minimum absolute atomic E-state index is 0.0948. The Kier molecular flexibility index (Phi) is 9.16. The molecule has 2 rings (SSSR count). The molecule has 0 saturated heterocycles. The lowest BCUT2D eigenvalue weighted by molar-refractivity contribution is -0.176. The van der Waals surface area contributed by atoms with Crippen LogP contribution in [0.15, 0.2) is 33.8 Å². The highest BCUT2D eigenvalue weighted by Gasteiger charge is 2.27. The highest BCUT2D eigenvalue weighted by molar-refractivity contribution is 5.79. The number of hydrogen-bond acceptors (Lipinski definition) is 4. The second-order valence-corrected chi connectivity index (χ2v) is 6.71. The van der Waals surface area contributed by atoms with Crippen molar-refractivity contribution in [2.24, 2.45) is 4.99 Å². The van der Waals surface area contributed by atoms with Gasteiger partial charge < -0.3 is 19.9 Å². The number of aromatic nitrogens is 1. The third-order valence-electron chi connectivity index (χ3n) is 4.33. The lowest BCUT2D eigenvalue weighted by Crippen LogP contribution is -2.37. The second kappa shape index (κ2) is 11.6. The summed E-state index contributed by atoms with van der Waals surface area (Å²) in [6.07, 6.45) is -2.77. The van der Waals surface area contributed by atoms with Gasteiger partial charge in [-0.25, -0.2) is 4.99 Å². The van der Waals surface area contributed by atoms with E-state index in [1.165, 1.54) is 0 Å². The van der Waals surface area contributed by atoms with Gasteiger partial charge in [0, 0.05) is 25.1 Å². The van der Waals surface area contributed by atoms with E-state index in [0.717, 1.165) is 35.4 Å². The van der Waals surface area contributed by atoms with E-state index < -0.39 is 12.8 Å². The second-order valence-electron chi connectivity index (χ2n) is 6.71. The van der Waals surface area contributed by atoms with Gasteiger partial charge in [0.1, 0.15) is 12.4 Å². The first-order chi connectivity index (χ1) is 14.4. The van der Waals surface area contributed by atoms with Gasteiger partial charge in [-0.1, -0.05) is 43.3 Å². The zero-order valence-electron chi connectivity index (χ0n) is 17.6. The average Bonchev–Trinajstić information content (AvgIpc) is 3.11. The Morgan fingerprint density at radius 2 is 1.90 bits per heavy atom. The van der Waals surface area contributed by atoms with Crippen molar-refractivity contribution >= 4 is 5.96 Å². The SMILES string of the molecule is CCNC(=NCc1cccc(COCC(F)(F)F)c1)NCc1c(CC)noc1CC. The van der Waals surface area contributed by atoms with Gasteiger partial charge in [0.05, 0.1) is 18.8 Å². The van der Waals surface area contributed by atoms with Crippen LogP contribution in [0.1, 0.15) is 48.9 Å². The van der Waals surface area contributed by atoms with Crippen LogP contribution in [0.3, 0.4) is 0 Å². The van der Waals surface area contributed by atoms with E-state index >= 15 is 0 Å². The van der Waals surface area contributed by atoms with E-state index in [1.54, 1.807) is 18.2 Å². The molecule has 0 unspecified atom stereocenters. The molecule has 0 aliphatic rings. The minimum atomic E-state index is -4.33. The van der Waals surface area contributed by atoms with Crippen molar-refractivity contribution in [2.75, 3.05) is 13.2 Å². The van der Waals surface area contributed by atoms with Crippen molar-refractivity contribution in [1.29, 1.82) is 0 Å². The number of benzene rings is 1. The Bertz CT molecular complexity index is 797. The van der Waals surface area contributed by atoms with Crippen molar-refractivity contribution in [3.8, 4) is 0 Å². The molecule has 0 radical (unpaired) electrons. The Morgan fingerprint density at radius 1 is 1.13 bits per heavy atom. The molecule has 6 nitrogen and oxygen atoms in total. The van der Waals surface area contributed by atoms with E-state index in [2.05, 4.69) is 20.8 Å². The monoisotopic (exact) mass is 426 g/mol. The van der Waals surface area contributed by atoms with E-state index in [0.29, 0.717) is 31.2 Å². The van der Waals surface area contributed by atoms with Gasteiger partial charge >= 0.3 is 6.18 Å². The van der Waals surface area contributed by atoms with Gasteiger partial charge in [-0.2, -0.15) is 13.2 Å². The molecule has 1 heterocycles. The van der Waals surface area contributed by atoms with Gasteiger partial charge in [-0.3, -0.25) is 0 Å². The molecule has 0 atom stereocenters. The molecular formula is C21H29F3N4O2. The summed E-state index contributed by atoms with van der Waals surface area (Å²) in [6.45, 7) is 6.31. The number of aliphatic imine (C=N–C) groups is 1. The molecule has 0 bridgehead atoms. The number of rotatable bonds is 10. The third-order valence-corrected chi connectivity index (χ3v) is 4.33. The summed E-state index contributed by atoms with van der Waals surface area (Å²) in [5.41, 5.74) is 3.54. The number of alkyl halides is 3. The smallest absolute Gasteiger partial charge is 0.367 e. The molecule has 30 heavy (non-hydrogen) atoms. The molecule has 0 saturated carbocycles. The molecule has 9 heteroatoms. The topological polar surface area (TPSA) is 71.7 Å². The summed E-state index contributed by atoms with van der Waals surface area (Å²) in [4.78, 5) is 4.58. The zero-order valence-corrected chi connectivity index (χ0v) is 17.6. The third kappa shape index (κ3) is 7.70. The van der Waals surface area contributed by atoms with Crippen LogP contribution >= 0.6 is 0 Å². The highest BCUT2D eigenvalue weighted by atomic mass is 19.4. The molecule has 0 spiro atoms. The fourth-order valence-electron chi connectivity index (χ4n) is 2.92. The van der Waals surface area contributed by atoms with Crippen LogP contribution in [0.4, 0.5) is 13.2 Å². The van der Waals surface area contributed by atoms with Crippen molar-refractivity contribution in [1.82, 2.24) is 15.8 Å². The van der Waals surface area contributed by atoms with Crippen LogP contribution in [-0.4, -0.2) is 30.4 Å².